The number of morpholine rings is 1. The van der Waals surface area contributed by atoms with Gasteiger partial charge in [-0.25, -0.2) is 0 Å². The van der Waals surface area contributed by atoms with E-state index in [-0.39, 0.29) is 0 Å². The van der Waals surface area contributed by atoms with Crippen molar-refractivity contribution >= 4 is 5.91 Å². The van der Waals surface area contributed by atoms with Crippen molar-refractivity contribution in [3.8, 4) is 0 Å². The average molecular weight is 239 g/mol. The van der Waals surface area contributed by atoms with Gasteiger partial charge in [0.2, 0.25) is 5.91 Å². The first kappa shape index (κ1) is 12.9. The Bertz CT molecular complexity index is 263. The molecule has 0 aromatic heterocycles. The molecule has 0 spiro atoms. The summed E-state index contributed by atoms with van der Waals surface area (Å²) < 4.78 is 5.79. The van der Waals surface area contributed by atoms with Crippen molar-refractivity contribution in [3.63, 3.8) is 0 Å². The fourth-order valence-corrected chi connectivity index (χ4v) is 2.96. The monoisotopic (exact) mass is 239 g/mol. The Balaban J connectivity index is 1.91. The third-order valence-corrected chi connectivity index (χ3v) is 3.99. The topological polar surface area (TPSA) is 29.5 Å². The maximum absolute atomic E-state index is 12.2. The first-order valence-electron chi connectivity index (χ1n) is 7.09. The standard InChI is InChI=1S/C14H25NO2/c1-11(2)7-8-14(16)15-9-10-17-13-6-4-3-5-12(13)15/h11-13H,3-10H2,1-2H3/t12-,13-/m1/s1. The quantitative estimate of drug-likeness (QED) is 0.757. The van der Waals surface area contributed by atoms with Crippen molar-refractivity contribution in [3.05, 3.63) is 0 Å². The number of ether oxygens (including phenoxy) is 1. The van der Waals surface area contributed by atoms with Gasteiger partial charge in [0.15, 0.2) is 0 Å². The molecule has 2 aliphatic rings. The number of nitrogens with zero attached hydrogens (tertiary/aromatic N) is 1. The minimum absolute atomic E-state index is 0.320. The van der Waals surface area contributed by atoms with Gasteiger partial charge in [-0.2, -0.15) is 0 Å². The molecule has 98 valence electrons. The molecule has 3 nitrogen and oxygen atoms in total. The average Bonchev–Trinajstić information content (AvgIpc) is 2.35. The van der Waals surface area contributed by atoms with Crippen LogP contribution in [0.2, 0.25) is 0 Å². The Labute approximate surface area is 105 Å². The number of hydrogen-bond acceptors (Lipinski definition) is 2. The molecule has 1 aliphatic carbocycles. The predicted octanol–water partition coefficient (Wildman–Crippen LogP) is 2.59. The molecule has 1 saturated heterocycles. The number of carbonyl (C=O) groups is 1. The number of fused-ring (bicyclic) bond motifs is 1. The van der Waals surface area contributed by atoms with E-state index >= 15 is 0 Å². The van der Waals surface area contributed by atoms with Crippen LogP contribution in [-0.4, -0.2) is 36.1 Å². The van der Waals surface area contributed by atoms with Gasteiger partial charge in [-0.1, -0.05) is 26.7 Å². The summed E-state index contributed by atoms with van der Waals surface area (Å²) in [5.74, 6) is 0.959. The summed E-state index contributed by atoms with van der Waals surface area (Å²) >= 11 is 0. The Hall–Kier alpha value is -0.570. The summed E-state index contributed by atoms with van der Waals surface area (Å²) in [6.45, 7) is 5.89. The van der Waals surface area contributed by atoms with Crippen LogP contribution in [-0.2, 0) is 9.53 Å². The summed E-state index contributed by atoms with van der Waals surface area (Å²) in [4.78, 5) is 14.3. The van der Waals surface area contributed by atoms with Crippen molar-refractivity contribution in [2.45, 2.75) is 64.5 Å². The number of amides is 1. The highest BCUT2D eigenvalue weighted by atomic mass is 16.5. The van der Waals surface area contributed by atoms with E-state index in [2.05, 4.69) is 18.7 Å². The van der Waals surface area contributed by atoms with Crippen LogP contribution in [0.1, 0.15) is 52.4 Å². The van der Waals surface area contributed by atoms with Gasteiger partial charge in [0.05, 0.1) is 18.8 Å². The number of rotatable bonds is 3. The van der Waals surface area contributed by atoms with Gasteiger partial charge in [0.25, 0.3) is 0 Å². The zero-order valence-electron chi connectivity index (χ0n) is 11.2. The van der Waals surface area contributed by atoms with Crippen LogP contribution in [0.15, 0.2) is 0 Å². The van der Waals surface area contributed by atoms with Crippen molar-refractivity contribution in [2.24, 2.45) is 5.92 Å². The largest absolute Gasteiger partial charge is 0.374 e. The smallest absolute Gasteiger partial charge is 0.222 e. The van der Waals surface area contributed by atoms with Gasteiger partial charge in [0, 0.05) is 13.0 Å². The molecule has 2 rings (SSSR count). The maximum atomic E-state index is 12.2. The second-order valence-electron chi connectivity index (χ2n) is 5.78. The normalized spacial score (nSPS) is 29.2. The maximum Gasteiger partial charge on any atom is 0.222 e. The third-order valence-electron chi connectivity index (χ3n) is 3.99. The number of carbonyl (C=O) groups excluding carboxylic acids is 1. The highest BCUT2D eigenvalue weighted by Crippen LogP contribution is 2.29. The summed E-state index contributed by atoms with van der Waals surface area (Å²) in [6.07, 6.45) is 6.82. The van der Waals surface area contributed by atoms with Crippen LogP contribution in [0.5, 0.6) is 0 Å². The first-order chi connectivity index (χ1) is 8.18. The second kappa shape index (κ2) is 5.85. The lowest BCUT2D eigenvalue weighted by atomic mass is 9.89. The van der Waals surface area contributed by atoms with Gasteiger partial charge in [-0.05, 0) is 25.2 Å². The zero-order valence-corrected chi connectivity index (χ0v) is 11.2. The fourth-order valence-electron chi connectivity index (χ4n) is 2.96. The fraction of sp³-hybridized carbons (Fsp3) is 0.929. The Kier molecular flexibility index (Phi) is 4.43. The Morgan fingerprint density at radius 2 is 2.12 bits per heavy atom. The van der Waals surface area contributed by atoms with E-state index in [1.807, 2.05) is 0 Å². The summed E-state index contributed by atoms with van der Waals surface area (Å²) in [7, 11) is 0. The molecule has 1 saturated carbocycles. The molecule has 0 unspecified atom stereocenters. The number of hydrogen-bond donors (Lipinski definition) is 0. The van der Waals surface area contributed by atoms with Crippen LogP contribution in [0.25, 0.3) is 0 Å². The van der Waals surface area contributed by atoms with E-state index in [4.69, 9.17) is 4.74 Å². The van der Waals surface area contributed by atoms with E-state index in [1.165, 1.54) is 12.8 Å². The molecule has 0 radical (unpaired) electrons. The molecular weight excluding hydrogens is 214 g/mol. The van der Waals surface area contributed by atoms with Gasteiger partial charge in [-0.15, -0.1) is 0 Å². The lowest BCUT2D eigenvalue weighted by Crippen LogP contribution is -2.54. The van der Waals surface area contributed by atoms with Crippen LogP contribution < -0.4 is 0 Å². The Morgan fingerprint density at radius 3 is 2.88 bits per heavy atom. The van der Waals surface area contributed by atoms with E-state index in [1.54, 1.807) is 0 Å². The van der Waals surface area contributed by atoms with E-state index in [9.17, 15) is 4.79 Å². The molecule has 2 fully saturated rings. The minimum atomic E-state index is 0.320. The second-order valence-corrected chi connectivity index (χ2v) is 5.78. The van der Waals surface area contributed by atoms with Crippen LogP contribution >= 0.6 is 0 Å². The SMILES string of the molecule is CC(C)CCC(=O)N1CCO[C@@H]2CCCC[C@H]21. The highest BCUT2D eigenvalue weighted by molar-refractivity contribution is 5.76. The lowest BCUT2D eigenvalue weighted by Gasteiger charge is -2.44. The Morgan fingerprint density at radius 1 is 1.35 bits per heavy atom. The van der Waals surface area contributed by atoms with E-state index < -0.39 is 0 Å². The lowest BCUT2D eigenvalue weighted by molar-refractivity contribution is -0.149. The van der Waals surface area contributed by atoms with Gasteiger partial charge < -0.3 is 9.64 Å². The third kappa shape index (κ3) is 3.21. The molecule has 2 atom stereocenters. The van der Waals surface area contributed by atoms with Crippen LogP contribution in [0, 0.1) is 5.92 Å². The molecule has 3 heteroatoms. The van der Waals surface area contributed by atoms with E-state index in [0.29, 0.717) is 30.4 Å². The summed E-state index contributed by atoms with van der Waals surface area (Å²) in [6, 6.07) is 0.372. The molecule has 0 aromatic rings. The molecular formula is C14H25NO2. The summed E-state index contributed by atoms with van der Waals surface area (Å²) in [5.41, 5.74) is 0. The van der Waals surface area contributed by atoms with Crippen LogP contribution in [0.3, 0.4) is 0 Å². The molecule has 17 heavy (non-hydrogen) atoms. The van der Waals surface area contributed by atoms with E-state index in [0.717, 1.165) is 32.4 Å². The summed E-state index contributed by atoms with van der Waals surface area (Å²) in [5, 5.41) is 0. The first-order valence-corrected chi connectivity index (χ1v) is 7.09. The minimum Gasteiger partial charge on any atom is -0.374 e. The van der Waals surface area contributed by atoms with Gasteiger partial charge >= 0.3 is 0 Å². The molecule has 0 N–H and O–H groups in total. The predicted molar refractivity (Wildman–Crippen MR) is 67.8 cm³/mol. The van der Waals surface area contributed by atoms with Crippen molar-refractivity contribution in [1.82, 2.24) is 4.90 Å². The highest BCUT2D eigenvalue weighted by Gasteiger charge is 2.36. The van der Waals surface area contributed by atoms with Crippen LogP contribution in [0.4, 0.5) is 0 Å². The van der Waals surface area contributed by atoms with Crippen molar-refractivity contribution in [1.29, 1.82) is 0 Å². The molecule has 1 heterocycles. The van der Waals surface area contributed by atoms with Gasteiger partial charge in [-0.3, -0.25) is 4.79 Å². The zero-order chi connectivity index (χ0) is 12.3. The van der Waals surface area contributed by atoms with Crippen molar-refractivity contribution in [2.75, 3.05) is 13.2 Å². The van der Waals surface area contributed by atoms with Crippen molar-refractivity contribution < 1.29 is 9.53 Å². The molecule has 1 amide bonds. The molecule has 0 aromatic carbocycles. The molecule has 0 bridgehead atoms. The van der Waals surface area contributed by atoms with Gasteiger partial charge in [0.1, 0.15) is 0 Å². The molecule has 1 aliphatic heterocycles.